The van der Waals surface area contributed by atoms with Gasteiger partial charge in [-0.25, -0.2) is 5.43 Å². The maximum absolute atomic E-state index is 12.6. The van der Waals surface area contributed by atoms with Crippen LogP contribution < -0.4 is 24.4 Å². The molecular weight excluding hydrogens is 581 g/mol. The number of carbonyl (C=O) groups is 1. The number of nitrogens with zero attached hydrogens (tertiary/aromatic N) is 2. The smallest absolute Gasteiger partial charge is 0.275 e. The molecule has 0 fully saturated rings. The highest BCUT2D eigenvalue weighted by Gasteiger charge is 2.14. The van der Waals surface area contributed by atoms with Crippen molar-refractivity contribution in [3.05, 3.63) is 85.0 Å². The largest absolute Gasteiger partial charge is 0.497 e. The number of hydrogen-bond donors (Lipinski definition) is 1. The molecule has 11 heteroatoms. The van der Waals surface area contributed by atoms with E-state index in [1.807, 2.05) is 13.0 Å². The number of halogens is 1. The normalized spacial score (nSPS) is 10.7. The van der Waals surface area contributed by atoms with E-state index in [0.717, 1.165) is 9.13 Å². The first-order valence-electron chi connectivity index (χ1n) is 10.7. The Kier molecular flexibility index (Phi) is 9.45. The summed E-state index contributed by atoms with van der Waals surface area (Å²) < 4.78 is 22.9. The number of benzene rings is 3. The minimum absolute atomic E-state index is 0.0181. The highest BCUT2D eigenvalue weighted by atomic mass is 127. The van der Waals surface area contributed by atoms with Gasteiger partial charge in [0.1, 0.15) is 18.1 Å². The van der Waals surface area contributed by atoms with Crippen LogP contribution in [0.4, 0.5) is 5.69 Å². The maximum atomic E-state index is 12.6. The summed E-state index contributed by atoms with van der Waals surface area (Å²) in [5.41, 5.74) is 4.29. The molecule has 36 heavy (non-hydrogen) atoms. The van der Waals surface area contributed by atoms with Crippen LogP contribution in [-0.2, 0) is 6.61 Å². The average Bonchev–Trinajstić information content (AvgIpc) is 2.88. The third kappa shape index (κ3) is 6.84. The number of non-ortho nitro benzene ring substituents is 1. The lowest BCUT2D eigenvalue weighted by Crippen LogP contribution is -2.18. The van der Waals surface area contributed by atoms with Crippen molar-refractivity contribution in [2.24, 2.45) is 5.10 Å². The Morgan fingerprint density at radius 2 is 1.81 bits per heavy atom. The lowest BCUT2D eigenvalue weighted by atomic mass is 10.2. The second-order valence-electron chi connectivity index (χ2n) is 7.24. The molecule has 0 unspecified atom stereocenters. The van der Waals surface area contributed by atoms with Crippen molar-refractivity contribution in [3.63, 3.8) is 0 Å². The first-order chi connectivity index (χ1) is 17.4. The number of methoxy groups -OCH3 is 2. The number of ether oxygens (including phenoxy) is 4. The van der Waals surface area contributed by atoms with E-state index in [2.05, 4.69) is 33.1 Å². The predicted molar refractivity (Wildman–Crippen MR) is 142 cm³/mol. The molecule has 0 aliphatic rings. The van der Waals surface area contributed by atoms with Gasteiger partial charge in [-0.1, -0.05) is 0 Å². The number of hydrogen-bond acceptors (Lipinski definition) is 8. The van der Waals surface area contributed by atoms with Crippen molar-refractivity contribution < 1.29 is 28.7 Å². The van der Waals surface area contributed by atoms with Crippen molar-refractivity contribution in [1.29, 1.82) is 0 Å². The quantitative estimate of drug-likeness (QED) is 0.142. The van der Waals surface area contributed by atoms with Crippen molar-refractivity contribution >= 4 is 40.4 Å². The van der Waals surface area contributed by atoms with Crippen LogP contribution in [-0.4, -0.2) is 37.9 Å². The Morgan fingerprint density at radius 1 is 1.06 bits per heavy atom. The second-order valence-corrected chi connectivity index (χ2v) is 8.40. The first kappa shape index (κ1) is 26.7. The molecule has 3 aromatic rings. The van der Waals surface area contributed by atoms with Gasteiger partial charge in [0.05, 0.1) is 41.1 Å². The summed E-state index contributed by atoms with van der Waals surface area (Å²) in [5, 5.41) is 14.9. The molecule has 3 aromatic carbocycles. The summed E-state index contributed by atoms with van der Waals surface area (Å²) in [7, 11) is 3.00. The fourth-order valence-electron chi connectivity index (χ4n) is 3.15. The molecule has 0 radical (unpaired) electrons. The third-order valence-electron chi connectivity index (χ3n) is 4.90. The van der Waals surface area contributed by atoms with Crippen molar-refractivity contribution in [2.45, 2.75) is 13.5 Å². The van der Waals surface area contributed by atoms with Crippen LogP contribution >= 0.6 is 22.6 Å². The Bertz CT molecular complexity index is 1260. The van der Waals surface area contributed by atoms with Crippen LogP contribution in [0, 0.1) is 13.7 Å². The first-order valence-corrected chi connectivity index (χ1v) is 11.8. The summed E-state index contributed by atoms with van der Waals surface area (Å²) in [6.07, 6.45) is 1.50. The molecule has 0 saturated heterocycles. The minimum atomic E-state index is -0.447. The van der Waals surface area contributed by atoms with Gasteiger partial charge in [-0.2, -0.15) is 5.10 Å². The van der Waals surface area contributed by atoms with Gasteiger partial charge in [-0.15, -0.1) is 0 Å². The minimum Gasteiger partial charge on any atom is -0.497 e. The Morgan fingerprint density at radius 3 is 2.44 bits per heavy atom. The second kappa shape index (κ2) is 12.7. The zero-order valence-electron chi connectivity index (χ0n) is 19.8. The van der Waals surface area contributed by atoms with Gasteiger partial charge >= 0.3 is 0 Å². The van der Waals surface area contributed by atoms with E-state index in [1.54, 1.807) is 36.4 Å². The Hall–Kier alpha value is -3.87. The van der Waals surface area contributed by atoms with Crippen molar-refractivity contribution in [2.75, 3.05) is 20.8 Å². The van der Waals surface area contributed by atoms with Crippen molar-refractivity contribution in [3.8, 4) is 23.0 Å². The van der Waals surface area contributed by atoms with E-state index in [9.17, 15) is 14.9 Å². The topological polar surface area (TPSA) is 122 Å². The van der Waals surface area contributed by atoms with Crippen LogP contribution in [0.3, 0.4) is 0 Å². The van der Waals surface area contributed by atoms with Gasteiger partial charge in [-0.05, 0) is 77.0 Å². The summed E-state index contributed by atoms with van der Waals surface area (Å²) >= 11 is 2.13. The Balaban J connectivity index is 1.72. The maximum Gasteiger partial charge on any atom is 0.275 e. The molecule has 1 N–H and O–H groups in total. The number of rotatable bonds is 11. The summed E-state index contributed by atoms with van der Waals surface area (Å²) in [5.74, 6) is 1.55. The predicted octanol–water partition coefficient (Wildman–Crippen LogP) is 4.96. The molecule has 10 nitrogen and oxygen atoms in total. The number of carbonyl (C=O) groups excluding carboxylic acids is 1. The van der Waals surface area contributed by atoms with Gasteiger partial charge in [-0.3, -0.25) is 14.9 Å². The van der Waals surface area contributed by atoms with Gasteiger partial charge in [0.2, 0.25) is 0 Å². The lowest BCUT2D eigenvalue weighted by molar-refractivity contribution is -0.384. The van der Waals surface area contributed by atoms with Crippen LogP contribution in [0.1, 0.15) is 28.4 Å². The molecule has 0 saturated carbocycles. The van der Waals surface area contributed by atoms with E-state index in [1.165, 1.54) is 32.6 Å². The molecular formula is C25H24IN3O7. The third-order valence-corrected chi connectivity index (χ3v) is 5.70. The Labute approximate surface area is 221 Å². The number of nitro benzene ring substituents is 1. The number of nitrogens with one attached hydrogen (secondary N) is 1. The SMILES string of the molecule is CCOc1cc(/C=N\NC(=O)c2ccc(OC)cc2OC)cc(I)c1OCc1ccc([N+](=O)[O-])cc1. The molecule has 0 aliphatic heterocycles. The fourth-order valence-corrected chi connectivity index (χ4v) is 3.93. The standard InChI is InChI=1S/C25H24IN3O7/c1-4-35-23-12-17(14-27-28-25(30)20-10-9-19(33-2)13-22(20)34-3)11-21(26)24(23)36-15-16-5-7-18(8-6-16)29(31)32/h5-14H,4,15H2,1-3H3,(H,28,30)/b27-14-. The van der Waals surface area contributed by atoms with E-state index >= 15 is 0 Å². The van der Waals surface area contributed by atoms with Crippen LogP contribution in [0.15, 0.2) is 59.7 Å². The summed E-state index contributed by atoms with van der Waals surface area (Å²) in [4.78, 5) is 22.9. The molecule has 0 atom stereocenters. The van der Waals surface area contributed by atoms with E-state index in [4.69, 9.17) is 18.9 Å². The number of hydrazone groups is 1. The van der Waals surface area contributed by atoms with Gasteiger partial charge in [0.25, 0.3) is 11.6 Å². The van der Waals surface area contributed by atoms with Gasteiger partial charge < -0.3 is 18.9 Å². The van der Waals surface area contributed by atoms with Crippen molar-refractivity contribution in [1.82, 2.24) is 5.43 Å². The molecule has 0 aliphatic carbocycles. The monoisotopic (exact) mass is 605 g/mol. The van der Waals surface area contributed by atoms with Gasteiger partial charge in [0.15, 0.2) is 11.5 Å². The molecule has 0 aromatic heterocycles. The molecule has 0 spiro atoms. The lowest BCUT2D eigenvalue weighted by Gasteiger charge is -2.14. The zero-order valence-corrected chi connectivity index (χ0v) is 22.0. The average molecular weight is 605 g/mol. The molecule has 0 heterocycles. The fraction of sp³-hybridized carbons (Fsp3) is 0.200. The molecule has 3 rings (SSSR count). The highest BCUT2D eigenvalue weighted by Crippen LogP contribution is 2.34. The molecule has 0 bridgehead atoms. The van der Waals surface area contributed by atoms with Crippen LogP contribution in [0.25, 0.3) is 0 Å². The summed E-state index contributed by atoms with van der Waals surface area (Å²) in [6.45, 7) is 2.48. The van der Waals surface area contributed by atoms with Crippen LogP contribution in [0.5, 0.6) is 23.0 Å². The van der Waals surface area contributed by atoms with E-state index < -0.39 is 10.8 Å². The highest BCUT2D eigenvalue weighted by molar-refractivity contribution is 14.1. The summed E-state index contributed by atoms with van der Waals surface area (Å²) in [6, 6.07) is 14.6. The number of nitro groups is 1. The van der Waals surface area contributed by atoms with E-state index in [0.29, 0.717) is 40.7 Å². The van der Waals surface area contributed by atoms with Gasteiger partial charge in [0, 0.05) is 18.2 Å². The molecule has 188 valence electrons. The molecule has 1 amide bonds. The zero-order chi connectivity index (χ0) is 26.1. The number of amides is 1. The van der Waals surface area contributed by atoms with E-state index in [-0.39, 0.29) is 12.3 Å². The van der Waals surface area contributed by atoms with Crippen LogP contribution in [0.2, 0.25) is 0 Å².